The molecule has 0 spiro atoms. The quantitative estimate of drug-likeness (QED) is 0.880. The number of nitrogens with two attached hydrogens (primary N) is 1. The number of hydrogen-bond donors (Lipinski definition) is 2. The largest absolute Gasteiger partial charge is 0.369 e. The Balaban J connectivity index is 1.80. The van der Waals surface area contributed by atoms with E-state index in [0.29, 0.717) is 6.04 Å². The van der Waals surface area contributed by atoms with Crippen LogP contribution in [0.1, 0.15) is 31.2 Å². The van der Waals surface area contributed by atoms with Gasteiger partial charge < -0.3 is 11.1 Å². The van der Waals surface area contributed by atoms with Crippen LogP contribution in [0.5, 0.6) is 0 Å². The summed E-state index contributed by atoms with van der Waals surface area (Å²) in [5, 5.41) is 4.25. The van der Waals surface area contributed by atoms with Crippen molar-refractivity contribution in [2.24, 2.45) is 11.7 Å². The Morgan fingerprint density at radius 2 is 2.05 bits per heavy atom. The maximum absolute atomic E-state index is 11.1. The van der Waals surface area contributed by atoms with Crippen LogP contribution in [0.15, 0.2) is 22.7 Å². The van der Waals surface area contributed by atoms with Gasteiger partial charge in [-0.2, -0.15) is 0 Å². The molecule has 1 saturated carbocycles. The monoisotopic (exact) mass is 344 g/mol. The van der Waals surface area contributed by atoms with Gasteiger partial charge in [0, 0.05) is 23.0 Å². The lowest BCUT2D eigenvalue weighted by Gasteiger charge is -2.27. The maximum Gasteiger partial charge on any atom is 0.220 e. The Hall–Kier alpha value is -0.580. The van der Waals surface area contributed by atoms with Crippen molar-refractivity contribution in [1.29, 1.82) is 0 Å². The van der Waals surface area contributed by atoms with Crippen LogP contribution in [-0.4, -0.2) is 11.9 Å². The third-order valence-electron chi connectivity index (χ3n) is 3.71. The van der Waals surface area contributed by atoms with Crippen LogP contribution >= 0.6 is 27.5 Å². The molecule has 0 aromatic heterocycles. The summed E-state index contributed by atoms with van der Waals surface area (Å²) in [6, 6.07) is 6.45. The summed E-state index contributed by atoms with van der Waals surface area (Å²) < 4.78 is 0.917. The van der Waals surface area contributed by atoms with Gasteiger partial charge in [-0.3, -0.25) is 4.79 Å². The van der Waals surface area contributed by atoms with Crippen molar-refractivity contribution >= 4 is 33.4 Å². The van der Waals surface area contributed by atoms with E-state index in [1.54, 1.807) is 0 Å². The molecule has 0 bridgehead atoms. The highest BCUT2D eigenvalue weighted by Gasteiger charge is 2.24. The summed E-state index contributed by atoms with van der Waals surface area (Å²) in [7, 11) is 0. The summed E-state index contributed by atoms with van der Waals surface area (Å²) in [5.74, 6) is -0.0849. The highest BCUT2D eigenvalue weighted by molar-refractivity contribution is 9.10. The van der Waals surface area contributed by atoms with E-state index in [0.717, 1.165) is 41.7 Å². The molecule has 0 saturated heterocycles. The van der Waals surface area contributed by atoms with Crippen LogP contribution in [0.2, 0.25) is 5.02 Å². The summed E-state index contributed by atoms with van der Waals surface area (Å²) >= 11 is 9.44. The first-order chi connectivity index (χ1) is 9.06. The fourth-order valence-electron chi connectivity index (χ4n) is 2.49. The molecule has 0 radical (unpaired) electrons. The van der Waals surface area contributed by atoms with Gasteiger partial charge in [-0.1, -0.05) is 17.7 Å². The van der Waals surface area contributed by atoms with Crippen molar-refractivity contribution in [1.82, 2.24) is 5.32 Å². The van der Waals surface area contributed by atoms with Gasteiger partial charge in [0.25, 0.3) is 0 Å². The number of amides is 1. The van der Waals surface area contributed by atoms with Crippen molar-refractivity contribution in [3.63, 3.8) is 0 Å². The van der Waals surface area contributed by atoms with Crippen molar-refractivity contribution in [2.45, 2.75) is 38.3 Å². The smallest absolute Gasteiger partial charge is 0.220 e. The Labute approximate surface area is 127 Å². The van der Waals surface area contributed by atoms with Crippen LogP contribution in [0.4, 0.5) is 0 Å². The predicted octanol–water partition coefficient (Wildman–Crippen LogP) is 3.24. The van der Waals surface area contributed by atoms with E-state index in [1.807, 2.05) is 12.1 Å². The molecule has 0 atom stereocenters. The highest BCUT2D eigenvalue weighted by atomic mass is 79.9. The van der Waals surface area contributed by atoms with Crippen molar-refractivity contribution in [2.75, 3.05) is 0 Å². The van der Waals surface area contributed by atoms with Gasteiger partial charge in [-0.25, -0.2) is 0 Å². The minimum Gasteiger partial charge on any atom is -0.369 e. The van der Waals surface area contributed by atoms with Gasteiger partial charge in [0.1, 0.15) is 0 Å². The molecule has 0 unspecified atom stereocenters. The normalized spacial score (nSPS) is 23.3. The van der Waals surface area contributed by atoms with Gasteiger partial charge in [0.15, 0.2) is 0 Å². The molecular formula is C14H18BrClN2O. The minimum absolute atomic E-state index is 0.0696. The summed E-state index contributed by atoms with van der Waals surface area (Å²) in [5.41, 5.74) is 6.50. The van der Waals surface area contributed by atoms with E-state index >= 15 is 0 Å². The molecule has 1 aromatic carbocycles. The van der Waals surface area contributed by atoms with Gasteiger partial charge in [-0.05, 0) is 59.3 Å². The van der Waals surface area contributed by atoms with Crippen LogP contribution < -0.4 is 11.1 Å². The van der Waals surface area contributed by atoms with E-state index in [4.69, 9.17) is 17.3 Å². The van der Waals surface area contributed by atoms with Crippen LogP contribution in [0.3, 0.4) is 0 Å². The molecule has 3 N–H and O–H groups in total. The number of primary amides is 1. The number of halogens is 2. The molecule has 0 aliphatic heterocycles. The van der Waals surface area contributed by atoms with Crippen molar-refractivity contribution in [3.05, 3.63) is 33.3 Å². The molecule has 1 aromatic rings. The van der Waals surface area contributed by atoms with Gasteiger partial charge in [0.05, 0.1) is 5.02 Å². The van der Waals surface area contributed by atoms with E-state index in [-0.39, 0.29) is 11.8 Å². The zero-order valence-electron chi connectivity index (χ0n) is 10.7. The molecule has 1 fully saturated rings. The third kappa shape index (κ3) is 4.20. The first-order valence-electron chi connectivity index (χ1n) is 6.53. The SMILES string of the molecule is NC(=O)C1CCC(NCc2ccc(Br)c(Cl)c2)CC1. The highest BCUT2D eigenvalue weighted by Crippen LogP contribution is 2.25. The molecule has 1 aliphatic rings. The number of benzene rings is 1. The van der Waals surface area contributed by atoms with Crippen molar-refractivity contribution in [3.8, 4) is 0 Å². The molecule has 5 heteroatoms. The first-order valence-corrected chi connectivity index (χ1v) is 7.70. The molecule has 1 aliphatic carbocycles. The number of nitrogens with one attached hydrogen (secondary N) is 1. The Bertz CT molecular complexity index is 459. The standard InChI is InChI=1S/C14H18BrClN2O/c15-12-6-1-9(7-13(12)16)8-18-11-4-2-10(3-5-11)14(17)19/h1,6-7,10-11,18H,2-5,8H2,(H2,17,19). The maximum atomic E-state index is 11.1. The van der Waals surface area contributed by atoms with Gasteiger partial charge >= 0.3 is 0 Å². The van der Waals surface area contributed by atoms with Crippen LogP contribution in [0, 0.1) is 5.92 Å². The lowest BCUT2D eigenvalue weighted by atomic mass is 9.85. The Morgan fingerprint density at radius 3 is 2.63 bits per heavy atom. The second-order valence-electron chi connectivity index (χ2n) is 5.08. The van der Waals surface area contributed by atoms with E-state index in [2.05, 4.69) is 27.3 Å². The average molecular weight is 346 g/mol. The fraction of sp³-hybridized carbons (Fsp3) is 0.500. The van der Waals surface area contributed by atoms with Crippen LogP contribution in [-0.2, 0) is 11.3 Å². The first kappa shape index (κ1) is 14.8. The number of rotatable bonds is 4. The lowest BCUT2D eigenvalue weighted by Crippen LogP contribution is -2.36. The molecule has 2 rings (SSSR count). The summed E-state index contributed by atoms with van der Waals surface area (Å²) in [6.45, 7) is 0.804. The fourth-order valence-corrected chi connectivity index (χ4v) is 2.94. The van der Waals surface area contributed by atoms with E-state index in [9.17, 15) is 4.79 Å². The molecule has 3 nitrogen and oxygen atoms in total. The average Bonchev–Trinajstić information content (AvgIpc) is 2.40. The molecular weight excluding hydrogens is 328 g/mol. The summed E-state index contributed by atoms with van der Waals surface area (Å²) in [4.78, 5) is 11.1. The third-order valence-corrected chi connectivity index (χ3v) is 4.94. The van der Waals surface area contributed by atoms with E-state index in [1.165, 1.54) is 5.56 Å². The zero-order chi connectivity index (χ0) is 13.8. The second kappa shape index (κ2) is 6.73. The van der Waals surface area contributed by atoms with Gasteiger partial charge in [-0.15, -0.1) is 0 Å². The minimum atomic E-state index is -0.154. The van der Waals surface area contributed by atoms with E-state index < -0.39 is 0 Å². The molecule has 0 heterocycles. The Morgan fingerprint density at radius 1 is 1.37 bits per heavy atom. The number of carbonyl (C=O) groups excluding carboxylic acids is 1. The predicted molar refractivity (Wildman–Crippen MR) is 80.9 cm³/mol. The number of hydrogen-bond acceptors (Lipinski definition) is 2. The molecule has 19 heavy (non-hydrogen) atoms. The molecule has 104 valence electrons. The van der Waals surface area contributed by atoms with Crippen molar-refractivity contribution < 1.29 is 4.79 Å². The second-order valence-corrected chi connectivity index (χ2v) is 6.34. The van der Waals surface area contributed by atoms with Crippen LogP contribution in [0.25, 0.3) is 0 Å². The Kier molecular flexibility index (Phi) is 5.25. The summed E-state index contributed by atoms with van der Waals surface area (Å²) in [6.07, 6.45) is 3.82. The zero-order valence-corrected chi connectivity index (χ0v) is 13.0. The topological polar surface area (TPSA) is 55.1 Å². The molecule has 1 amide bonds. The lowest BCUT2D eigenvalue weighted by molar-refractivity contribution is -0.122. The number of carbonyl (C=O) groups is 1. The van der Waals surface area contributed by atoms with Gasteiger partial charge in [0.2, 0.25) is 5.91 Å².